The second kappa shape index (κ2) is 11.9. The summed E-state index contributed by atoms with van der Waals surface area (Å²) in [6, 6.07) is 48.8. The Morgan fingerprint density at radius 3 is 2.09 bits per heavy atom. The molecule has 0 spiro atoms. The summed E-state index contributed by atoms with van der Waals surface area (Å²) in [4.78, 5) is 8.32. The topological polar surface area (TPSA) is 37.4 Å². The van der Waals surface area contributed by atoms with Gasteiger partial charge in [-0.25, -0.2) is 4.98 Å². The number of hydrogen-bond acceptors (Lipinski definition) is 4. The van der Waals surface area contributed by atoms with Gasteiger partial charge in [-0.05, 0) is 42.7 Å². The Balaban J connectivity index is 0.00000396. The molecule has 1 aliphatic heterocycles. The van der Waals surface area contributed by atoms with Crippen LogP contribution in [0.15, 0.2) is 128 Å². The fourth-order valence-electron chi connectivity index (χ4n) is 8.25. The average Bonchev–Trinajstić information content (AvgIpc) is 3.85. The molecule has 0 N–H and O–H groups in total. The molecule has 11 rings (SSSR count). The second-order valence-corrected chi connectivity index (χ2v) is 19.9. The molecule has 0 atom stereocenters. The van der Waals surface area contributed by atoms with Crippen molar-refractivity contribution in [3.8, 4) is 11.5 Å². The van der Waals surface area contributed by atoms with E-state index in [0.717, 1.165) is 65.6 Å². The Hall–Kier alpha value is -5.62. The summed E-state index contributed by atoms with van der Waals surface area (Å²) in [5.74, 6) is 1.07. The third-order valence-electron chi connectivity index (χ3n) is 10.7. The SMILES string of the molecule is [2H]C([2H])([2H])N1[CH-]N(c2[c-]c(Oc3[c-]c4c(cc3)c3cccc5c6cccc7c8ccccc8n(c8cccnc8n4c35)c76)cc([Si](C)(C)C)c2)c2ccccc21.[Pt]. The van der Waals surface area contributed by atoms with E-state index in [1.54, 1.807) is 6.67 Å². The number of rotatable bonds is 4. The Bertz CT molecular complexity index is 3280. The van der Waals surface area contributed by atoms with Crippen LogP contribution in [0.5, 0.6) is 11.5 Å². The van der Waals surface area contributed by atoms with E-state index in [-0.39, 0.29) is 21.1 Å². The monoisotopic (exact) mass is 898 g/mol. The molecular weight excluding hydrogens is 862 g/mol. The molecule has 0 saturated carbocycles. The third kappa shape index (κ3) is 4.71. The number of hydrogen-bond donors (Lipinski definition) is 0. The Morgan fingerprint density at radius 2 is 1.31 bits per heavy atom. The van der Waals surface area contributed by atoms with Gasteiger partial charge in [0.15, 0.2) is 5.65 Å². The number of pyridine rings is 1. The molecule has 5 heterocycles. The Labute approximate surface area is 332 Å². The van der Waals surface area contributed by atoms with Crippen LogP contribution in [0.2, 0.25) is 19.6 Å². The number of nitrogens with zero attached hydrogens (tertiary/aromatic N) is 5. The number of para-hydroxylation sites is 5. The van der Waals surface area contributed by atoms with Gasteiger partial charge in [0.05, 0.1) is 24.6 Å². The van der Waals surface area contributed by atoms with Crippen molar-refractivity contribution in [2.24, 2.45) is 0 Å². The van der Waals surface area contributed by atoms with Gasteiger partial charge in [-0.2, -0.15) is 24.0 Å². The molecule has 10 aromatic rings. The number of benzene rings is 6. The number of anilines is 3. The van der Waals surface area contributed by atoms with E-state index >= 15 is 0 Å². The predicted octanol–water partition coefficient (Wildman–Crippen LogP) is 11.0. The van der Waals surface area contributed by atoms with Crippen LogP contribution in [0.1, 0.15) is 4.11 Å². The van der Waals surface area contributed by atoms with E-state index in [2.05, 4.69) is 126 Å². The van der Waals surface area contributed by atoms with Gasteiger partial charge < -0.3 is 23.3 Å². The summed E-state index contributed by atoms with van der Waals surface area (Å²) < 4.78 is 36.0. The van der Waals surface area contributed by atoms with E-state index in [0.29, 0.717) is 22.9 Å². The maximum Gasteiger partial charge on any atom is 0.160 e. The predicted molar refractivity (Wildman–Crippen MR) is 222 cm³/mol. The van der Waals surface area contributed by atoms with Crippen molar-refractivity contribution in [2.75, 3.05) is 16.8 Å². The number of fused-ring (bicyclic) bond motifs is 11. The molecule has 0 radical (unpaired) electrons. The first kappa shape index (κ1) is 29.8. The fraction of sp³-hybridized carbons (Fsp3) is 0.0870. The molecule has 0 saturated heterocycles. The van der Waals surface area contributed by atoms with Crippen molar-refractivity contribution in [1.29, 1.82) is 0 Å². The fourth-order valence-corrected chi connectivity index (χ4v) is 9.38. The second-order valence-electron chi connectivity index (χ2n) is 14.8. The van der Waals surface area contributed by atoms with Crippen molar-refractivity contribution >= 4 is 95.9 Å². The van der Waals surface area contributed by atoms with E-state index in [1.165, 1.54) is 15.7 Å². The quantitative estimate of drug-likeness (QED) is 0.130. The molecule has 8 heteroatoms. The van der Waals surface area contributed by atoms with Crippen molar-refractivity contribution < 1.29 is 29.9 Å². The molecule has 0 fully saturated rings. The van der Waals surface area contributed by atoms with Crippen molar-refractivity contribution in [3.63, 3.8) is 0 Å². The molecule has 0 aliphatic carbocycles. The van der Waals surface area contributed by atoms with Gasteiger partial charge in [0.25, 0.3) is 0 Å². The van der Waals surface area contributed by atoms with Crippen LogP contribution in [0, 0.1) is 18.8 Å². The molecule has 4 aromatic heterocycles. The Kier molecular flexibility index (Phi) is 6.59. The van der Waals surface area contributed by atoms with E-state index in [9.17, 15) is 0 Å². The minimum atomic E-state index is -2.35. The van der Waals surface area contributed by atoms with Crippen LogP contribution in [0.4, 0.5) is 17.1 Å². The standard InChI is InChI=1S/C46H34N5OSi.Pt/c1-48-28-49(41-19-8-7-18-40(41)48)29-24-31(26-32(25-29)53(2,3)4)52-30-21-22-34-36-14-10-16-38-37-15-9-13-35-33-12-5-6-17-39(33)50(44(35)37)42-20-11-23-47-46(42)51(45(36)38)43(34)27-30;/h5-23,25-26,28H,1-4H3;/q-3;/i1D3;. The molecule has 6 nitrogen and oxygen atoms in total. The van der Waals surface area contributed by atoms with Gasteiger partial charge in [0.1, 0.15) is 0 Å². The summed E-state index contributed by atoms with van der Waals surface area (Å²) in [5, 5.41) is 7.98. The zero-order valence-corrected chi connectivity index (χ0v) is 32.9. The van der Waals surface area contributed by atoms with E-state index in [4.69, 9.17) is 13.8 Å². The van der Waals surface area contributed by atoms with E-state index < -0.39 is 15.0 Å². The third-order valence-corrected chi connectivity index (χ3v) is 12.7. The molecule has 6 aromatic carbocycles. The maximum absolute atomic E-state index is 8.23. The summed E-state index contributed by atoms with van der Waals surface area (Å²) in [5.41, 5.74) is 8.09. The van der Waals surface area contributed by atoms with Gasteiger partial charge in [-0.15, -0.1) is 35.3 Å². The number of ether oxygens (including phenoxy) is 1. The van der Waals surface area contributed by atoms with Crippen LogP contribution in [0.25, 0.3) is 65.5 Å². The minimum absolute atomic E-state index is 0. The van der Waals surface area contributed by atoms with E-state index in [1.807, 2.05) is 47.5 Å². The molecule has 54 heavy (non-hydrogen) atoms. The first-order chi connectivity index (χ1) is 27.0. The normalized spacial score (nSPS) is 14.3. The van der Waals surface area contributed by atoms with Gasteiger partial charge >= 0.3 is 0 Å². The zero-order valence-electron chi connectivity index (χ0n) is 32.7. The summed E-state index contributed by atoms with van der Waals surface area (Å²) in [7, 11) is -1.89. The van der Waals surface area contributed by atoms with Crippen LogP contribution < -0.4 is 19.7 Å². The summed E-state index contributed by atoms with van der Waals surface area (Å²) >= 11 is 0. The zero-order chi connectivity index (χ0) is 38.1. The smallest absolute Gasteiger partial charge is 0.160 e. The molecule has 0 bridgehead atoms. The van der Waals surface area contributed by atoms with Gasteiger partial charge in [0.2, 0.25) is 0 Å². The molecule has 1 aliphatic rings. The van der Waals surface area contributed by atoms with Crippen LogP contribution in [0.3, 0.4) is 0 Å². The molecule has 0 amide bonds. The van der Waals surface area contributed by atoms with Gasteiger partial charge in [-0.3, -0.25) is 0 Å². The van der Waals surface area contributed by atoms with Crippen LogP contribution in [-0.4, -0.2) is 28.8 Å². The van der Waals surface area contributed by atoms with Crippen molar-refractivity contribution in [3.05, 3.63) is 146 Å². The Morgan fingerprint density at radius 1 is 0.648 bits per heavy atom. The molecular formula is C46H34N5OPtSi-3. The average molecular weight is 899 g/mol. The first-order valence-corrected chi connectivity index (χ1v) is 21.3. The first-order valence-electron chi connectivity index (χ1n) is 19.3. The van der Waals surface area contributed by atoms with Crippen molar-refractivity contribution in [2.45, 2.75) is 19.6 Å². The van der Waals surface area contributed by atoms with Crippen LogP contribution >= 0.6 is 0 Å². The largest absolute Gasteiger partial charge is 0.509 e. The van der Waals surface area contributed by atoms with Crippen molar-refractivity contribution in [1.82, 2.24) is 13.8 Å². The summed E-state index contributed by atoms with van der Waals surface area (Å²) in [6.45, 7) is 6.15. The maximum atomic E-state index is 8.23. The van der Waals surface area contributed by atoms with Crippen LogP contribution in [-0.2, 0) is 21.1 Å². The molecule has 266 valence electrons. The minimum Gasteiger partial charge on any atom is -0.509 e. The summed E-state index contributed by atoms with van der Waals surface area (Å²) in [6.07, 6.45) is 1.86. The molecule has 0 unspecified atom stereocenters. The number of aromatic nitrogens is 3. The van der Waals surface area contributed by atoms with Gasteiger partial charge in [0, 0.05) is 81.3 Å². The van der Waals surface area contributed by atoms with Gasteiger partial charge in [-0.1, -0.05) is 91.9 Å².